The lowest BCUT2D eigenvalue weighted by molar-refractivity contribution is -0.151. The lowest BCUT2D eigenvalue weighted by Crippen LogP contribution is -2.57. The number of ether oxygens (including phenoxy) is 1. The standard InChI is InChI=1S/C22H41N5O3/c1-18(2)17-30-21(28)20(26-10-4-3-5-11-26)16-24-22(29)27-14-12-25(13-15-27)19-6-8-23-9-7-19/h18-20,23H,3-17H2,1-2H3,(H,24,29). The maximum Gasteiger partial charge on any atom is 0.325 e. The number of carbonyl (C=O) groups excluding carboxylic acids is 2. The molecule has 3 aliphatic rings. The number of piperidine rings is 2. The second-order valence-corrected chi connectivity index (χ2v) is 9.33. The Morgan fingerprint density at radius 2 is 1.67 bits per heavy atom. The first kappa shape index (κ1) is 23.3. The molecule has 8 heteroatoms. The number of rotatable bonds is 7. The van der Waals surface area contributed by atoms with Crippen molar-refractivity contribution in [2.75, 3.05) is 65.5 Å². The van der Waals surface area contributed by atoms with Crippen molar-refractivity contribution in [2.24, 2.45) is 5.92 Å². The number of esters is 1. The normalized spacial score (nSPS) is 23.4. The molecule has 3 heterocycles. The molecule has 3 rings (SSSR count). The summed E-state index contributed by atoms with van der Waals surface area (Å²) in [6.45, 7) is 12.2. The highest BCUT2D eigenvalue weighted by Gasteiger charge is 2.31. The zero-order chi connectivity index (χ0) is 21.3. The van der Waals surface area contributed by atoms with Gasteiger partial charge in [0.25, 0.3) is 0 Å². The zero-order valence-corrected chi connectivity index (χ0v) is 18.9. The van der Waals surface area contributed by atoms with Crippen LogP contribution in [-0.2, 0) is 9.53 Å². The molecule has 172 valence electrons. The average molecular weight is 424 g/mol. The quantitative estimate of drug-likeness (QED) is 0.598. The van der Waals surface area contributed by atoms with E-state index in [4.69, 9.17) is 4.74 Å². The number of hydrogen-bond acceptors (Lipinski definition) is 6. The van der Waals surface area contributed by atoms with Crippen LogP contribution in [0.1, 0.15) is 46.0 Å². The Kier molecular flexibility index (Phi) is 9.21. The summed E-state index contributed by atoms with van der Waals surface area (Å²) in [4.78, 5) is 32.1. The van der Waals surface area contributed by atoms with Gasteiger partial charge in [-0.3, -0.25) is 14.6 Å². The van der Waals surface area contributed by atoms with Crippen molar-refractivity contribution in [3.63, 3.8) is 0 Å². The van der Waals surface area contributed by atoms with Crippen LogP contribution in [0.25, 0.3) is 0 Å². The summed E-state index contributed by atoms with van der Waals surface area (Å²) in [5.41, 5.74) is 0. The summed E-state index contributed by atoms with van der Waals surface area (Å²) in [5.74, 6) is 0.100. The Morgan fingerprint density at radius 3 is 2.30 bits per heavy atom. The summed E-state index contributed by atoms with van der Waals surface area (Å²) in [7, 11) is 0. The number of carbonyl (C=O) groups is 2. The van der Waals surface area contributed by atoms with E-state index >= 15 is 0 Å². The second-order valence-electron chi connectivity index (χ2n) is 9.33. The largest absolute Gasteiger partial charge is 0.464 e. The maximum atomic E-state index is 12.8. The van der Waals surface area contributed by atoms with Crippen molar-refractivity contribution in [2.45, 2.75) is 58.0 Å². The molecule has 0 aromatic carbocycles. The van der Waals surface area contributed by atoms with Gasteiger partial charge >= 0.3 is 12.0 Å². The number of piperazine rings is 1. The van der Waals surface area contributed by atoms with E-state index in [2.05, 4.69) is 20.4 Å². The van der Waals surface area contributed by atoms with Crippen LogP contribution in [-0.4, -0.2) is 104 Å². The van der Waals surface area contributed by atoms with Crippen molar-refractivity contribution >= 4 is 12.0 Å². The highest BCUT2D eigenvalue weighted by molar-refractivity contribution is 5.79. The minimum absolute atomic E-state index is 0.0568. The molecule has 2 amide bonds. The van der Waals surface area contributed by atoms with E-state index in [1.807, 2.05) is 18.7 Å². The van der Waals surface area contributed by atoms with E-state index < -0.39 is 0 Å². The van der Waals surface area contributed by atoms with Gasteiger partial charge in [0.05, 0.1) is 6.61 Å². The molecule has 1 unspecified atom stereocenters. The molecule has 0 spiro atoms. The third-order valence-electron chi connectivity index (χ3n) is 6.54. The van der Waals surface area contributed by atoms with Crippen LogP contribution in [0.5, 0.6) is 0 Å². The zero-order valence-electron chi connectivity index (χ0n) is 18.9. The molecule has 3 saturated heterocycles. The molecule has 8 nitrogen and oxygen atoms in total. The second kappa shape index (κ2) is 11.9. The summed E-state index contributed by atoms with van der Waals surface area (Å²) in [6.07, 6.45) is 5.80. The van der Waals surface area contributed by atoms with Gasteiger partial charge in [-0.15, -0.1) is 0 Å². The first-order valence-electron chi connectivity index (χ1n) is 11.9. The number of hydrogen-bond donors (Lipinski definition) is 2. The van der Waals surface area contributed by atoms with Gasteiger partial charge in [-0.1, -0.05) is 20.3 Å². The highest BCUT2D eigenvalue weighted by atomic mass is 16.5. The Morgan fingerprint density at radius 1 is 1.00 bits per heavy atom. The lowest BCUT2D eigenvalue weighted by Gasteiger charge is -2.41. The van der Waals surface area contributed by atoms with Crippen LogP contribution in [0.15, 0.2) is 0 Å². The van der Waals surface area contributed by atoms with E-state index in [-0.39, 0.29) is 18.0 Å². The minimum Gasteiger partial charge on any atom is -0.464 e. The van der Waals surface area contributed by atoms with Crippen molar-refractivity contribution < 1.29 is 14.3 Å². The Labute approximate surface area is 181 Å². The number of nitrogens with zero attached hydrogens (tertiary/aromatic N) is 3. The molecule has 1 atom stereocenters. The molecule has 0 saturated carbocycles. The van der Waals surface area contributed by atoms with Crippen molar-refractivity contribution in [3.8, 4) is 0 Å². The molecule has 3 fully saturated rings. The van der Waals surface area contributed by atoms with Crippen molar-refractivity contribution in [1.29, 1.82) is 0 Å². The van der Waals surface area contributed by atoms with Gasteiger partial charge in [0.15, 0.2) is 0 Å². The Balaban J connectivity index is 1.46. The van der Waals surface area contributed by atoms with Gasteiger partial charge in [0.2, 0.25) is 0 Å². The molecular formula is C22H41N5O3. The van der Waals surface area contributed by atoms with Crippen LogP contribution in [0.3, 0.4) is 0 Å². The van der Waals surface area contributed by atoms with Crippen LogP contribution in [0.2, 0.25) is 0 Å². The molecule has 0 radical (unpaired) electrons. The molecule has 0 aromatic heterocycles. The molecule has 0 aliphatic carbocycles. The Bertz CT molecular complexity index is 539. The van der Waals surface area contributed by atoms with E-state index in [1.165, 1.54) is 19.3 Å². The molecular weight excluding hydrogens is 382 g/mol. The fourth-order valence-corrected chi connectivity index (χ4v) is 4.69. The number of nitrogens with one attached hydrogen (secondary N) is 2. The van der Waals surface area contributed by atoms with Crippen LogP contribution < -0.4 is 10.6 Å². The summed E-state index contributed by atoms with van der Waals surface area (Å²) >= 11 is 0. The first-order chi connectivity index (χ1) is 14.5. The summed E-state index contributed by atoms with van der Waals surface area (Å²) in [5, 5.41) is 6.44. The van der Waals surface area contributed by atoms with Crippen LogP contribution in [0.4, 0.5) is 4.79 Å². The molecule has 3 aliphatic heterocycles. The summed E-state index contributed by atoms with van der Waals surface area (Å²) in [6, 6.07) is 0.207. The van der Waals surface area contributed by atoms with E-state index in [0.717, 1.165) is 65.2 Å². The number of likely N-dealkylation sites (tertiary alicyclic amines) is 1. The van der Waals surface area contributed by atoms with Crippen LogP contribution in [0, 0.1) is 5.92 Å². The topological polar surface area (TPSA) is 77.1 Å². The lowest BCUT2D eigenvalue weighted by atomic mass is 10.0. The molecule has 2 N–H and O–H groups in total. The first-order valence-corrected chi connectivity index (χ1v) is 11.9. The van der Waals surface area contributed by atoms with Gasteiger partial charge in [-0.05, 0) is 57.8 Å². The smallest absolute Gasteiger partial charge is 0.325 e. The Hall–Kier alpha value is -1.38. The van der Waals surface area contributed by atoms with E-state index in [0.29, 0.717) is 25.1 Å². The number of amides is 2. The monoisotopic (exact) mass is 423 g/mol. The average Bonchev–Trinajstić information content (AvgIpc) is 2.79. The predicted octanol–water partition coefficient (Wildman–Crippen LogP) is 1.12. The SMILES string of the molecule is CC(C)COC(=O)C(CNC(=O)N1CCN(C2CCNCC2)CC1)N1CCCCC1. The van der Waals surface area contributed by atoms with Gasteiger partial charge in [0, 0.05) is 38.8 Å². The fraction of sp³-hybridized carbons (Fsp3) is 0.909. The highest BCUT2D eigenvalue weighted by Crippen LogP contribution is 2.16. The van der Waals surface area contributed by atoms with E-state index in [9.17, 15) is 9.59 Å². The van der Waals surface area contributed by atoms with Crippen molar-refractivity contribution in [3.05, 3.63) is 0 Å². The van der Waals surface area contributed by atoms with Gasteiger partial charge in [-0.25, -0.2) is 4.79 Å². The third kappa shape index (κ3) is 6.82. The molecule has 0 aromatic rings. The van der Waals surface area contributed by atoms with Gasteiger partial charge < -0.3 is 20.3 Å². The molecule has 0 bridgehead atoms. The number of urea groups is 1. The third-order valence-corrected chi connectivity index (χ3v) is 6.54. The summed E-state index contributed by atoms with van der Waals surface area (Å²) < 4.78 is 5.52. The van der Waals surface area contributed by atoms with Crippen LogP contribution >= 0.6 is 0 Å². The fourth-order valence-electron chi connectivity index (χ4n) is 4.69. The minimum atomic E-state index is -0.385. The van der Waals surface area contributed by atoms with Gasteiger partial charge in [0.1, 0.15) is 6.04 Å². The predicted molar refractivity (Wildman–Crippen MR) is 117 cm³/mol. The maximum absolute atomic E-state index is 12.8. The van der Waals surface area contributed by atoms with Crippen molar-refractivity contribution in [1.82, 2.24) is 25.3 Å². The van der Waals surface area contributed by atoms with Gasteiger partial charge in [-0.2, -0.15) is 0 Å². The van der Waals surface area contributed by atoms with E-state index in [1.54, 1.807) is 0 Å². The molecule has 30 heavy (non-hydrogen) atoms.